The SMILES string of the molecule is COc1cc(-c2cccc(F)c2)c(Cl)cc1-c1ncnc2cc(S(=O)(=O)Cc3ccsn3)ccc12. The molecule has 2 aromatic heterocycles. The highest BCUT2D eigenvalue weighted by Gasteiger charge is 2.20. The van der Waals surface area contributed by atoms with Gasteiger partial charge < -0.3 is 4.74 Å². The molecule has 0 saturated heterocycles. The fourth-order valence-electron chi connectivity index (χ4n) is 3.82. The molecule has 0 amide bonds. The maximum Gasteiger partial charge on any atom is 0.184 e. The van der Waals surface area contributed by atoms with Crippen LogP contribution in [0.4, 0.5) is 4.39 Å². The quantitative estimate of drug-likeness (QED) is 0.263. The largest absolute Gasteiger partial charge is 0.496 e. The number of sulfone groups is 1. The van der Waals surface area contributed by atoms with Crippen LogP contribution in [0.2, 0.25) is 5.02 Å². The Morgan fingerprint density at radius 1 is 1.03 bits per heavy atom. The van der Waals surface area contributed by atoms with Crippen LogP contribution in [0.25, 0.3) is 33.3 Å². The molecule has 0 unspecified atom stereocenters. The van der Waals surface area contributed by atoms with Gasteiger partial charge in [0.25, 0.3) is 0 Å². The number of halogens is 2. The molecule has 0 saturated carbocycles. The van der Waals surface area contributed by atoms with Gasteiger partial charge in [-0.25, -0.2) is 22.8 Å². The minimum Gasteiger partial charge on any atom is -0.496 e. The molecule has 0 aliphatic carbocycles. The zero-order valence-electron chi connectivity index (χ0n) is 18.3. The fraction of sp³-hybridized carbons (Fsp3) is 0.0800. The summed E-state index contributed by atoms with van der Waals surface area (Å²) in [5.74, 6) is -0.0805. The van der Waals surface area contributed by atoms with Crippen molar-refractivity contribution in [2.24, 2.45) is 0 Å². The Bertz CT molecular complexity index is 1660. The predicted molar refractivity (Wildman–Crippen MR) is 135 cm³/mol. The van der Waals surface area contributed by atoms with Crippen LogP contribution in [-0.2, 0) is 15.6 Å². The van der Waals surface area contributed by atoms with Gasteiger partial charge in [0.1, 0.15) is 17.9 Å². The van der Waals surface area contributed by atoms with Gasteiger partial charge in [0, 0.05) is 26.9 Å². The summed E-state index contributed by atoms with van der Waals surface area (Å²) in [6, 6.07) is 16.0. The van der Waals surface area contributed by atoms with Crippen molar-refractivity contribution in [2.75, 3.05) is 7.11 Å². The summed E-state index contributed by atoms with van der Waals surface area (Å²) in [4.78, 5) is 8.86. The van der Waals surface area contributed by atoms with Crippen LogP contribution < -0.4 is 4.74 Å². The average Bonchev–Trinajstić information content (AvgIpc) is 3.35. The second-order valence-corrected chi connectivity index (χ2v) is 10.8. The van der Waals surface area contributed by atoms with E-state index in [1.54, 1.807) is 41.8 Å². The minimum absolute atomic E-state index is 0.147. The highest BCUT2D eigenvalue weighted by molar-refractivity contribution is 7.90. The summed E-state index contributed by atoms with van der Waals surface area (Å²) in [5, 5.41) is 2.76. The number of rotatable bonds is 6. The lowest BCUT2D eigenvalue weighted by Crippen LogP contribution is -2.05. The Morgan fingerprint density at radius 2 is 1.89 bits per heavy atom. The molecule has 5 aromatic rings. The Labute approximate surface area is 210 Å². The second kappa shape index (κ2) is 9.33. The van der Waals surface area contributed by atoms with E-state index in [1.807, 2.05) is 0 Å². The molecule has 0 spiro atoms. The summed E-state index contributed by atoms with van der Waals surface area (Å²) in [5.41, 5.74) is 3.31. The fourth-order valence-corrected chi connectivity index (χ4v) is 6.00. The van der Waals surface area contributed by atoms with Crippen LogP contribution in [0.15, 0.2) is 77.3 Å². The smallest absolute Gasteiger partial charge is 0.184 e. The van der Waals surface area contributed by atoms with Gasteiger partial charge in [-0.05, 0) is 65.6 Å². The van der Waals surface area contributed by atoms with Crippen molar-refractivity contribution in [1.29, 1.82) is 0 Å². The molecule has 6 nitrogen and oxygen atoms in total. The van der Waals surface area contributed by atoms with Gasteiger partial charge in [0.2, 0.25) is 0 Å². The van der Waals surface area contributed by atoms with E-state index < -0.39 is 9.84 Å². The molecule has 176 valence electrons. The first-order chi connectivity index (χ1) is 16.9. The van der Waals surface area contributed by atoms with Crippen LogP contribution in [0.3, 0.4) is 0 Å². The molecule has 0 fully saturated rings. The normalized spacial score (nSPS) is 11.6. The van der Waals surface area contributed by atoms with Crippen LogP contribution in [0, 0.1) is 5.82 Å². The summed E-state index contributed by atoms with van der Waals surface area (Å²) >= 11 is 7.80. The maximum absolute atomic E-state index is 13.8. The molecule has 0 N–H and O–H groups in total. The molecule has 10 heteroatoms. The third-order valence-electron chi connectivity index (χ3n) is 5.48. The van der Waals surface area contributed by atoms with Gasteiger partial charge in [-0.2, -0.15) is 4.37 Å². The zero-order chi connectivity index (χ0) is 24.6. The minimum atomic E-state index is -3.60. The summed E-state index contributed by atoms with van der Waals surface area (Å²) < 4.78 is 49.3. The molecule has 0 radical (unpaired) electrons. The number of hydrogen-bond acceptors (Lipinski definition) is 7. The Balaban J connectivity index is 1.60. The standard InChI is InChI=1S/C25H17ClFN3O3S2/c1-33-24-12-20(15-3-2-4-16(27)9-15)22(26)11-21(24)25-19-6-5-18(10-23(19)28-14-29-25)35(31,32)13-17-7-8-34-30-17/h2-12,14H,13H2,1H3. The Kier molecular flexibility index (Phi) is 6.22. The highest BCUT2D eigenvalue weighted by atomic mass is 35.5. The number of methoxy groups -OCH3 is 1. The maximum atomic E-state index is 13.8. The van der Waals surface area contributed by atoms with Crippen molar-refractivity contribution in [2.45, 2.75) is 10.6 Å². The predicted octanol–water partition coefficient (Wildman–Crippen LogP) is 6.20. The van der Waals surface area contributed by atoms with Crippen LogP contribution in [-0.4, -0.2) is 29.9 Å². The number of hydrogen-bond donors (Lipinski definition) is 0. The van der Waals surface area contributed by atoms with Crippen molar-refractivity contribution in [3.8, 4) is 28.1 Å². The van der Waals surface area contributed by atoms with Crippen LogP contribution in [0.5, 0.6) is 5.75 Å². The van der Waals surface area contributed by atoms with Gasteiger partial charge in [-0.3, -0.25) is 0 Å². The van der Waals surface area contributed by atoms with Crippen molar-refractivity contribution in [3.63, 3.8) is 0 Å². The molecule has 2 heterocycles. The number of benzene rings is 3. The monoisotopic (exact) mass is 525 g/mol. The molecular formula is C25H17ClFN3O3S2. The van der Waals surface area contributed by atoms with E-state index >= 15 is 0 Å². The molecule has 0 atom stereocenters. The van der Waals surface area contributed by atoms with Gasteiger partial charge in [0.15, 0.2) is 9.84 Å². The lowest BCUT2D eigenvalue weighted by atomic mass is 9.99. The average molecular weight is 526 g/mol. The molecular weight excluding hydrogens is 509 g/mol. The number of fused-ring (bicyclic) bond motifs is 1. The first-order valence-electron chi connectivity index (χ1n) is 10.4. The van der Waals surface area contributed by atoms with E-state index in [4.69, 9.17) is 16.3 Å². The highest BCUT2D eigenvalue weighted by Crippen LogP contribution is 2.40. The number of nitrogens with zero attached hydrogens (tertiary/aromatic N) is 3. The van der Waals surface area contributed by atoms with Gasteiger partial charge >= 0.3 is 0 Å². The second-order valence-electron chi connectivity index (χ2n) is 7.69. The zero-order valence-corrected chi connectivity index (χ0v) is 20.7. The van der Waals surface area contributed by atoms with Crippen molar-refractivity contribution in [1.82, 2.24) is 14.3 Å². The molecule has 0 aliphatic rings. The summed E-state index contributed by atoms with van der Waals surface area (Å²) in [7, 11) is -2.08. The van der Waals surface area contributed by atoms with Crippen molar-refractivity contribution < 1.29 is 17.5 Å². The number of aromatic nitrogens is 3. The van der Waals surface area contributed by atoms with E-state index in [0.29, 0.717) is 49.8 Å². The van der Waals surface area contributed by atoms with E-state index in [-0.39, 0.29) is 16.5 Å². The van der Waals surface area contributed by atoms with Crippen LogP contribution in [0.1, 0.15) is 5.69 Å². The van der Waals surface area contributed by atoms with Gasteiger partial charge in [-0.1, -0.05) is 23.7 Å². The summed E-state index contributed by atoms with van der Waals surface area (Å²) in [6.07, 6.45) is 1.36. The van der Waals surface area contributed by atoms with Crippen molar-refractivity contribution >= 4 is 43.9 Å². The lowest BCUT2D eigenvalue weighted by Gasteiger charge is -2.14. The lowest BCUT2D eigenvalue weighted by molar-refractivity contribution is 0.416. The van der Waals surface area contributed by atoms with E-state index in [9.17, 15) is 12.8 Å². The molecule has 3 aromatic carbocycles. The Hall–Kier alpha value is -3.40. The molecule has 0 aliphatic heterocycles. The van der Waals surface area contributed by atoms with E-state index in [1.165, 1.54) is 49.2 Å². The van der Waals surface area contributed by atoms with E-state index in [0.717, 1.165) is 0 Å². The third-order valence-corrected chi connectivity index (χ3v) is 8.03. The van der Waals surface area contributed by atoms with E-state index in [2.05, 4.69) is 14.3 Å². The first-order valence-corrected chi connectivity index (χ1v) is 13.2. The van der Waals surface area contributed by atoms with Gasteiger partial charge in [0.05, 0.1) is 34.7 Å². The summed E-state index contributed by atoms with van der Waals surface area (Å²) in [6.45, 7) is 0. The first kappa shape index (κ1) is 23.3. The molecule has 5 rings (SSSR count). The number of ether oxygens (including phenoxy) is 1. The van der Waals surface area contributed by atoms with Crippen molar-refractivity contribution in [3.05, 3.63) is 88.9 Å². The Morgan fingerprint density at radius 3 is 2.63 bits per heavy atom. The van der Waals surface area contributed by atoms with Crippen LogP contribution >= 0.6 is 23.1 Å². The molecule has 35 heavy (non-hydrogen) atoms. The topological polar surface area (TPSA) is 82.0 Å². The molecule has 0 bridgehead atoms. The van der Waals surface area contributed by atoms with Gasteiger partial charge in [-0.15, -0.1) is 0 Å². The third kappa shape index (κ3) is 4.62.